The smallest absolute Gasteiger partial charge is 0.0410 e. The number of hydrogen-bond acceptors (Lipinski definition) is 1. The molecule has 0 bridgehead atoms. The first-order valence-corrected chi connectivity index (χ1v) is 6.79. The highest BCUT2D eigenvalue weighted by Gasteiger charge is 2.05. The zero-order chi connectivity index (χ0) is 12.3. The molecule has 17 heavy (non-hydrogen) atoms. The third-order valence-corrected chi connectivity index (χ3v) is 3.61. The van der Waals surface area contributed by atoms with Crippen LogP contribution in [0.25, 0.3) is 0 Å². The standard InChI is InChI=1S/C15H16BrN/c1-12-10-15(9-8-13(12)11-16)17(2)14-6-4-3-5-7-14/h3-10H,11H2,1-2H3. The molecule has 0 radical (unpaired) electrons. The summed E-state index contributed by atoms with van der Waals surface area (Å²) in [5.74, 6) is 0. The van der Waals surface area contributed by atoms with Gasteiger partial charge in [0.1, 0.15) is 0 Å². The number of hydrogen-bond donors (Lipinski definition) is 0. The van der Waals surface area contributed by atoms with E-state index in [0.717, 1.165) is 5.33 Å². The molecule has 2 aromatic rings. The second kappa shape index (κ2) is 5.37. The minimum Gasteiger partial charge on any atom is -0.345 e. The second-order valence-corrected chi connectivity index (χ2v) is 4.70. The Hall–Kier alpha value is -1.28. The molecule has 0 aliphatic heterocycles. The molecule has 0 saturated heterocycles. The molecule has 1 nitrogen and oxygen atoms in total. The highest BCUT2D eigenvalue weighted by Crippen LogP contribution is 2.25. The Morgan fingerprint density at radius 2 is 1.71 bits per heavy atom. The Labute approximate surface area is 111 Å². The van der Waals surface area contributed by atoms with Crippen molar-refractivity contribution in [2.24, 2.45) is 0 Å². The predicted octanol–water partition coefficient (Wildman–Crippen LogP) is 4.66. The van der Waals surface area contributed by atoms with Crippen LogP contribution < -0.4 is 4.90 Å². The number of para-hydroxylation sites is 1. The molecule has 0 spiro atoms. The van der Waals surface area contributed by atoms with Crippen molar-refractivity contribution in [2.75, 3.05) is 11.9 Å². The Morgan fingerprint density at radius 3 is 2.29 bits per heavy atom. The van der Waals surface area contributed by atoms with E-state index in [1.807, 2.05) is 6.07 Å². The van der Waals surface area contributed by atoms with Crippen molar-refractivity contribution in [3.05, 3.63) is 59.7 Å². The fourth-order valence-electron chi connectivity index (χ4n) is 1.84. The molecule has 2 aromatic carbocycles. The van der Waals surface area contributed by atoms with E-state index >= 15 is 0 Å². The van der Waals surface area contributed by atoms with Gasteiger partial charge in [-0.2, -0.15) is 0 Å². The van der Waals surface area contributed by atoms with Gasteiger partial charge in [-0.15, -0.1) is 0 Å². The molecular formula is C15H16BrN. The van der Waals surface area contributed by atoms with Crippen LogP contribution in [0.5, 0.6) is 0 Å². The lowest BCUT2D eigenvalue weighted by atomic mass is 10.1. The molecule has 0 atom stereocenters. The Bertz CT molecular complexity index is 494. The monoisotopic (exact) mass is 289 g/mol. The van der Waals surface area contributed by atoms with E-state index in [-0.39, 0.29) is 0 Å². The third-order valence-electron chi connectivity index (χ3n) is 3.00. The predicted molar refractivity (Wildman–Crippen MR) is 78.3 cm³/mol. The van der Waals surface area contributed by atoms with Gasteiger partial charge in [-0.1, -0.05) is 40.2 Å². The molecule has 0 aliphatic carbocycles. The third kappa shape index (κ3) is 2.70. The Balaban J connectivity index is 2.32. The molecule has 0 amide bonds. The van der Waals surface area contributed by atoms with Gasteiger partial charge in [-0.3, -0.25) is 0 Å². The van der Waals surface area contributed by atoms with E-state index in [4.69, 9.17) is 0 Å². The zero-order valence-electron chi connectivity index (χ0n) is 10.2. The molecule has 0 heterocycles. The number of rotatable bonds is 3. The summed E-state index contributed by atoms with van der Waals surface area (Å²) in [5.41, 5.74) is 5.09. The summed E-state index contributed by atoms with van der Waals surface area (Å²) in [5, 5.41) is 0.911. The lowest BCUT2D eigenvalue weighted by Gasteiger charge is -2.20. The first kappa shape index (κ1) is 12.2. The summed E-state index contributed by atoms with van der Waals surface area (Å²) >= 11 is 3.50. The second-order valence-electron chi connectivity index (χ2n) is 4.14. The molecule has 0 N–H and O–H groups in total. The van der Waals surface area contributed by atoms with Crippen molar-refractivity contribution in [2.45, 2.75) is 12.3 Å². The minimum atomic E-state index is 0.911. The largest absolute Gasteiger partial charge is 0.345 e. The zero-order valence-corrected chi connectivity index (χ0v) is 11.7. The molecule has 0 fully saturated rings. The van der Waals surface area contributed by atoms with Crippen LogP contribution in [-0.4, -0.2) is 7.05 Å². The highest BCUT2D eigenvalue weighted by molar-refractivity contribution is 9.08. The maximum absolute atomic E-state index is 3.50. The van der Waals surface area contributed by atoms with Crippen LogP contribution in [0.1, 0.15) is 11.1 Å². The fourth-order valence-corrected chi connectivity index (χ4v) is 2.47. The van der Waals surface area contributed by atoms with Crippen LogP contribution in [0.15, 0.2) is 48.5 Å². The van der Waals surface area contributed by atoms with E-state index in [9.17, 15) is 0 Å². The van der Waals surface area contributed by atoms with Crippen LogP contribution in [0.2, 0.25) is 0 Å². The van der Waals surface area contributed by atoms with Crippen molar-refractivity contribution in [3.8, 4) is 0 Å². The first-order valence-electron chi connectivity index (χ1n) is 5.66. The number of alkyl halides is 1. The summed E-state index contributed by atoms with van der Waals surface area (Å²) in [6.45, 7) is 2.15. The molecule has 0 aliphatic rings. The molecule has 2 rings (SSSR count). The lowest BCUT2D eigenvalue weighted by molar-refractivity contribution is 1.19. The molecule has 0 aromatic heterocycles. The van der Waals surface area contributed by atoms with E-state index in [1.54, 1.807) is 0 Å². The van der Waals surface area contributed by atoms with Crippen LogP contribution in [0.4, 0.5) is 11.4 Å². The Kier molecular flexibility index (Phi) is 3.85. The highest BCUT2D eigenvalue weighted by atomic mass is 79.9. The van der Waals surface area contributed by atoms with Gasteiger partial charge in [-0.25, -0.2) is 0 Å². The van der Waals surface area contributed by atoms with E-state index in [2.05, 4.69) is 77.3 Å². The molecular weight excluding hydrogens is 274 g/mol. The summed E-state index contributed by atoms with van der Waals surface area (Å²) < 4.78 is 0. The van der Waals surface area contributed by atoms with E-state index in [0.29, 0.717) is 0 Å². The number of aryl methyl sites for hydroxylation is 1. The van der Waals surface area contributed by atoms with Crippen LogP contribution in [-0.2, 0) is 5.33 Å². The van der Waals surface area contributed by atoms with Gasteiger partial charge in [0.15, 0.2) is 0 Å². The quantitative estimate of drug-likeness (QED) is 0.743. The summed E-state index contributed by atoms with van der Waals surface area (Å²) in [4.78, 5) is 2.20. The van der Waals surface area contributed by atoms with Gasteiger partial charge >= 0.3 is 0 Å². The fraction of sp³-hybridized carbons (Fsp3) is 0.200. The maximum atomic E-state index is 3.50. The van der Waals surface area contributed by atoms with Gasteiger partial charge < -0.3 is 4.90 Å². The number of benzene rings is 2. The first-order chi connectivity index (χ1) is 8.22. The topological polar surface area (TPSA) is 3.24 Å². The minimum absolute atomic E-state index is 0.911. The molecule has 0 unspecified atom stereocenters. The number of nitrogens with zero attached hydrogens (tertiary/aromatic N) is 1. The van der Waals surface area contributed by atoms with Crippen LogP contribution >= 0.6 is 15.9 Å². The summed E-state index contributed by atoms with van der Waals surface area (Å²) in [6, 6.07) is 17.0. The average Bonchev–Trinajstić information content (AvgIpc) is 2.39. The summed E-state index contributed by atoms with van der Waals surface area (Å²) in [7, 11) is 2.10. The van der Waals surface area contributed by atoms with Crippen molar-refractivity contribution >= 4 is 27.3 Å². The normalized spacial score (nSPS) is 10.3. The van der Waals surface area contributed by atoms with E-state index in [1.165, 1.54) is 22.5 Å². The lowest BCUT2D eigenvalue weighted by Crippen LogP contribution is -2.09. The van der Waals surface area contributed by atoms with Crippen molar-refractivity contribution in [1.82, 2.24) is 0 Å². The SMILES string of the molecule is Cc1cc(N(C)c2ccccc2)ccc1CBr. The maximum Gasteiger partial charge on any atom is 0.0410 e. The van der Waals surface area contributed by atoms with Gasteiger partial charge in [0.2, 0.25) is 0 Å². The van der Waals surface area contributed by atoms with Crippen molar-refractivity contribution in [3.63, 3.8) is 0 Å². The van der Waals surface area contributed by atoms with Crippen molar-refractivity contribution < 1.29 is 0 Å². The van der Waals surface area contributed by atoms with Crippen LogP contribution in [0, 0.1) is 6.92 Å². The number of anilines is 2. The number of halogens is 1. The molecule has 0 saturated carbocycles. The summed E-state index contributed by atoms with van der Waals surface area (Å²) in [6.07, 6.45) is 0. The Morgan fingerprint density at radius 1 is 1.00 bits per heavy atom. The van der Waals surface area contributed by atoms with Gasteiger partial charge in [0.25, 0.3) is 0 Å². The van der Waals surface area contributed by atoms with E-state index < -0.39 is 0 Å². The van der Waals surface area contributed by atoms with Crippen LogP contribution in [0.3, 0.4) is 0 Å². The molecule has 88 valence electrons. The van der Waals surface area contributed by atoms with Gasteiger partial charge in [0, 0.05) is 23.8 Å². The van der Waals surface area contributed by atoms with Gasteiger partial charge in [-0.05, 0) is 42.3 Å². The molecule has 2 heteroatoms. The average molecular weight is 290 g/mol. The van der Waals surface area contributed by atoms with Gasteiger partial charge in [0.05, 0.1) is 0 Å². The van der Waals surface area contributed by atoms with Crippen molar-refractivity contribution in [1.29, 1.82) is 0 Å².